The molecule has 1 heterocycles. The van der Waals surface area contributed by atoms with Crippen molar-refractivity contribution in [2.24, 2.45) is 5.92 Å². The van der Waals surface area contributed by atoms with Crippen LogP contribution in [0.1, 0.15) is 12.8 Å². The normalized spacial score (nSPS) is 27.2. The molecule has 1 aliphatic carbocycles. The third-order valence-corrected chi connectivity index (χ3v) is 1.80. The molecule has 0 amide bonds. The number of allylic oxidation sites excluding steroid dienone is 1. The Balaban J connectivity index is 1.91. The molecule has 0 atom stereocenters. The van der Waals surface area contributed by atoms with Crippen LogP contribution < -0.4 is 5.32 Å². The second-order valence-electron chi connectivity index (χ2n) is 2.77. The zero-order chi connectivity index (χ0) is 5.40. The fourth-order valence-corrected chi connectivity index (χ4v) is 0.983. The first-order chi connectivity index (χ1) is 3.95. The van der Waals surface area contributed by atoms with Crippen molar-refractivity contribution in [2.75, 3.05) is 13.1 Å². The van der Waals surface area contributed by atoms with Gasteiger partial charge in [0.2, 0.25) is 0 Å². The molecular weight excluding hydrogens is 98.1 g/mol. The van der Waals surface area contributed by atoms with Gasteiger partial charge in [0.1, 0.15) is 0 Å². The monoisotopic (exact) mass is 109 g/mol. The Morgan fingerprint density at radius 3 is 2.50 bits per heavy atom. The van der Waals surface area contributed by atoms with E-state index in [1.54, 1.807) is 5.57 Å². The van der Waals surface area contributed by atoms with Crippen LogP contribution in [0.5, 0.6) is 0 Å². The van der Waals surface area contributed by atoms with Crippen LogP contribution in [0.3, 0.4) is 0 Å². The minimum atomic E-state index is 0.979. The second kappa shape index (κ2) is 1.59. The number of hydrogen-bond acceptors (Lipinski definition) is 1. The topological polar surface area (TPSA) is 12.0 Å². The summed E-state index contributed by atoms with van der Waals surface area (Å²) in [4.78, 5) is 0. The maximum absolute atomic E-state index is 3.23. The first kappa shape index (κ1) is 4.57. The summed E-state index contributed by atoms with van der Waals surface area (Å²) in [6.07, 6.45) is 5.34. The Bertz CT molecular complexity index is 116. The predicted octanol–water partition coefficient (Wildman–Crippen LogP) is 0.926. The molecule has 1 saturated heterocycles. The zero-order valence-corrected chi connectivity index (χ0v) is 4.98. The summed E-state index contributed by atoms with van der Waals surface area (Å²) in [7, 11) is 0. The van der Waals surface area contributed by atoms with Crippen LogP contribution in [-0.2, 0) is 0 Å². The molecule has 0 aromatic rings. The van der Waals surface area contributed by atoms with Crippen molar-refractivity contribution in [3.63, 3.8) is 0 Å². The van der Waals surface area contributed by atoms with E-state index in [1.165, 1.54) is 12.8 Å². The van der Waals surface area contributed by atoms with E-state index < -0.39 is 0 Å². The molecule has 1 saturated carbocycles. The van der Waals surface area contributed by atoms with Gasteiger partial charge in [0.15, 0.2) is 0 Å². The molecule has 0 unspecified atom stereocenters. The standard InChI is InChI=1S/C7H11N/c1-2-6(1)3-7-4-8-5-7/h3,6,8H,1-2,4-5H2. The molecule has 1 heteroatoms. The first-order valence-corrected chi connectivity index (χ1v) is 3.35. The SMILES string of the molecule is C(=C1CNC1)C1CC1. The Labute approximate surface area is 49.8 Å². The fourth-order valence-electron chi connectivity index (χ4n) is 0.983. The van der Waals surface area contributed by atoms with Gasteiger partial charge in [0.25, 0.3) is 0 Å². The molecule has 1 nitrogen and oxygen atoms in total. The van der Waals surface area contributed by atoms with Crippen LogP contribution in [0.15, 0.2) is 11.6 Å². The molecule has 0 aromatic heterocycles. The fraction of sp³-hybridized carbons (Fsp3) is 0.714. The molecule has 2 fully saturated rings. The highest BCUT2D eigenvalue weighted by Crippen LogP contribution is 2.31. The molecular formula is C7H11N. The molecule has 0 aromatic carbocycles. The molecule has 2 rings (SSSR count). The molecule has 2 aliphatic rings. The van der Waals surface area contributed by atoms with Gasteiger partial charge in [-0.2, -0.15) is 0 Å². The molecule has 0 bridgehead atoms. The van der Waals surface area contributed by atoms with E-state index in [0.717, 1.165) is 19.0 Å². The van der Waals surface area contributed by atoms with Crippen molar-refractivity contribution < 1.29 is 0 Å². The van der Waals surface area contributed by atoms with Crippen molar-refractivity contribution in [1.29, 1.82) is 0 Å². The molecule has 0 radical (unpaired) electrons. The highest BCUT2D eigenvalue weighted by atomic mass is 14.9. The number of hydrogen-bond donors (Lipinski definition) is 1. The highest BCUT2D eigenvalue weighted by Gasteiger charge is 2.20. The lowest BCUT2D eigenvalue weighted by Gasteiger charge is -2.17. The lowest BCUT2D eigenvalue weighted by molar-refractivity contribution is 0.661. The van der Waals surface area contributed by atoms with Gasteiger partial charge in [0.05, 0.1) is 0 Å². The summed E-state index contributed by atoms with van der Waals surface area (Å²) in [6, 6.07) is 0. The van der Waals surface area contributed by atoms with Crippen molar-refractivity contribution in [1.82, 2.24) is 5.32 Å². The van der Waals surface area contributed by atoms with E-state index in [4.69, 9.17) is 0 Å². The van der Waals surface area contributed by atoms with Crippen LogP contribution in [-0.4, -0.2) is 13.1 Å². The molecule has 1 N–H and O–H groups in total. The number of rotatable bonds is 1. The average Bonchev–Trinajstić information content (AvgIpc) is 2.36. The van der Waals surface area contributed by atoms with Gasteiger partial charge in [-0.1, -0.05) is 6.08 Å². The largest absolute Gasteiger partial charge is 0.309 e. The van der Waals surface area contributed by atoms with Crippen molar-refractivity contribution in [3.05, 3.63) is 11.6 Å². The minimum Gasteiger partial charge on any atom is -0.309 e. The third-order valence-electron chi connectivity index (χ3n) is 1.80. The van der Waals surface area contributed by atoms with E-state index in [9.17, 15) is 0 Å². The van der Waals surface area contributed by atoms with Gasteiger partial charge >= 0.3 is 0 Å². The van der Waals surface area contributed by atoms with Crippen LogP contribution in [0.2, 0.25) is 0 Å². The Hall–Kier alpha value is -0.300. The van der Waals surface area contributed by atoms with Gasteiger partial charge in [-0.05, 0) is 24.3 Å². The molecule has 0 spiro atoms. The summed E-state index contributed by atoms with van der Waals surface area (Å²) >= 11 is 0. The number of nitrogens with one attached hydrogen (secondary N) is 1. The van der Waals surface area contributed by atoms with Crippen molar-refractivity contribution in [2.45, 2.75) is 12.8 Å². The minimum absolute atomic E-state index is 0.979. The Morgan fingerprint density at radius 1 is 1.38 bits per heavy atom. The smallest absolute Gasteiger partial charge is 0.0180 e. The quantitative estimate of drug-likeness (QED) is 0.494. The summed E-state index contributed by atoms with van der Waals surface area (Å²) in [6.45, 7) is 2.33. The van der Waals surface area contributed by atoms with Crippen LogP contribution in [0.4, 0.5) is 0 Å². The highest BCUT2D eigenvalue weighted by molar-refractivity contribution is 5.17. The summed E-state index contributed by atoms with van der Waals surface area (Å²) in [5, 5.41) is 3.23. The van der Waals surface area contributed by atoms with Crippen LogP contribution >= 0.6 is 0 Å². The molecule has 8 heavy (non-hydrogen) atoms. The lowest BCUT2D eigenvalue weighted by atomic mass is 10.1. The molecule has 44 valence electrons. The van der Waals surface area contributed by atoms with E-state index in [-0.39, 0.29) is 0 Å². The van der Waals surface area contributed by atoms with Gasteiger partial charge in [-0.3, -0.25) is 0 Å². The predicted molar refractivity (Wildman–Crippen MR) is 33.7 cm³/mol. The van der Waals surface area contributed by atoms with Crippen LogP contribution in [0, 0.1) is 5.92 Å². The van der Waals surface area contributed by atoms with Gasteiger partial charge in [0, 0.05) is 13.1 Å². The van der Waals surface area contributed by atoms with Crippen molar-refractivity contribution in [3.8, 4) is 0 Å². The third kappa shape index (κ3) is 0.781. The average molecular weight is 109 g/mol. The van der Waals surface area contributed by atoms with Crippen LogP contribution in [0.25, 0.3) is 0 Å². The van der Waals surface area contributed by atoms with Gasteiger partial charge in [-0.25, -0.2) is 0 Å². The summed E-state index contributed by atoms with van der Waals surface area (Å²) < 4.78 is 0. The van der Waals surface area contributed by atoms with E-state index in [0.29, 0.717) is 0 Å². The van der Waals surface area contributed by atoms with Crippen molar-refractivity contribution >= 4 is 0 Å². The van der Waals surface area contributed by atoms with E-state index in [1.807, 2.05) is 0 Å². The Kier molecular flexibility index (Phi) is 0.908. The zero-order valence-electron chi connectivity index (χ0n) is 4.98. The first-order valence-electron chi connectivity index (χ1n) is 3.35. The molecule has 1 aliphatic heterocycles. The maximum atomic E-state index is 3.23. The lowest BCUT2D eigenvalue weighted by Crippen LogP contribution is -2.33. The summed E-state index contributed by atoms with van der Waals surface area (Å²) in [5.41, 5.74) is 1.63. The maximum Gasteiger partial charge on any atom is 0.0180 e. The van der Waals surface area contributed by atoms with E-state index >= 15 is 0 Å². The van der Waals surface area contributed by atoms with Gasteiger partial charge < -0.3 is 5.32 Å². The summed E-state index contributed by atoms with van der Waals surface area (Å²) in [5.74, 6) is 0.979. The van der Waals surface area contributed by atoms with Gasteiger partial charge in [-0.15, -0.1) is 0 Å². The Morgan fingerprint density at radius 2 is 2.12 bits per heavy atom. The second-order valence-corrected chi connectivity index (χ2v) is 2.77. The van der Waals surface area contributed by atoms with E-state index in [2.05, 4.69) is 11.4 Å².